The van der Waals surface area contributed by atoms with Crippen LogP contribution in [0.1, 0.15) is 24.0 Å². The molecule has 1 N–H and O–H groups in total. The highest BCUT2D eigenvalue weighted by molar-refractivity contribution is 6.30. The Labute approximate surface area is 154 Å². The van der Waals surface area contributed by atoms with E-state index in [4.69, 9.17) is 21.1 Å². The Kier molecular flexibility index (Phi) is 7.61. The maximum absolute atomic E-state index is 11.8. The maximum atomic E-state index is 11.8. The van der Waals surface area contributed by atoms with Crippen molar-refractivity contribution in [3.63, 3.8) is 0 Å². The molecule has 2 rings (SSSR count). The van der Waals surface area contributed by atoms with Crippen molar-refractivity contribution in [3.8, 4) is 11.5 Å². The zero-order valence-electron chi connectivity index (χ0n) is 14.7. The van der Waals surface area contributed by atoms with Crippen molar-refractivity contribution in [2.24, 2.45) is 0 Å². The van der Waals surface area contributed by atoms with Gasteiger partial charge < -0.3 is 14.8 Å². The lowest BCUT2D eigenvalue weighted by Crippen LogP contribution is -2.28. The molecule has 4 nitrogen and oxygen atoms in total. The van der Waals surface area contributed by atoms with Crippen LogP contribution in [-0.4, -0.2) is 25.7 Å². The molecule has 134 valence electrons. The number of aryl methyl sites for hydroxylation is 1. The van der Waals surface area contributed by atoms with Gasteiger partial charge in [-0.2, -0.15) is 0 Å². The number of carbonyl (C=O) groups is 1. The quantitative estimate of drug-likeness (QED) is 0.677. The topological polar surface area (TPSA) is 47.6 Å². The summed E-state index contributed by atoms with van der Waals surface area (Å²) in [5.41, 5.74) is 2.33. The van der Waals surface area contributed by atoms with E-state index >= 15 is 0 Å². The minimum absolute atomic E-state index is 0.00395. The Morgan fingerprint density at radius 1 is 1.04 bits per heavy atom. The van der Waals surface area contributed by atoms with E-state index in [1.54, 1.807) is 12.1 Å². The van der Waals surface area contributed by atoms with E-state index in [0.29, 0.717) is 37.6 Å². The summed E-state index contributed by atoms with van der Waals surface area (Å²) < 4.78 is 11.3. The van der Waals surface area contributed by atoms with E-state index in [1.807, 2.05) is 31.2 Å². The van der Waals surface area contributed by atoms with Crippen molar-refractivity contribution >= 4 is 17.5 Å². The number of halogens is 1. The van der Waals surface area contributed by atoms with Gasteiger partial charge in [-0.3, -0.25) is 4.79 Å². The first-order valence-electron chi connectivity index (χ1n) is 8.40. The molecule has 0 saturated heterocycles. The molecule has 0 aliphatic carbocycles. The van der Waals surface area contributed by atoms with E-state index in [9.17, 15) is 4.79 Å². The summed E-state index contributed by atoms with van der Waals surface area (Å²) in [6, 6.07) is 13.1. The zero-order valence-corrected chi connectivity index (χ0v) is 15.4. The summed E-state index contributed by atoms with van der Waals surface area (Å²) >= 11 is 5.81. The third-order valence-corrected chi connectivity index (χ3v) is 4.12. The van der Waals surface area contributed by atoms with E-state index < -0.39 is 0 Å². The molecule has 0 saturated carbocycles. The summed E-state index contributed by atoms with van der Waals surface area (Å²) in [5, 5.41) is 3.53. The van der Waals surface area contributed by atoms with Crippen LogP contribution in [0.15, 0.2) is 42.5 Å². The second-order valence-electron chi connectivity index (χ2n) is 5.80. The van der Waals surface area contributed by atoms with Crippen molar-refractivity contribution in [2.45, 2.75) is 26.7 Å². The van der Waals surface area contributed by atoms with Gasteiger partial charge in [-0.15, -0.1) is 0 Å². The molecule has 0 aliphatic heterocycles. The van der Waals surface area contributed by atoms with Gasteiger partial charge in [0.2, 0.25) is 5.91 Å². The molecule has 0 radical (unpaired) electrons. The Balaban J connectivity index is 1.56. The number of amides is 1. The second-order valence-corrected chi connectivity index (χ2v) is 6.24. The smallest absolute Gasteiger partial charge is 0.220 e. The number of hydrogen-bond donors (Lipinski definition) is 1. The normalized spacial score (nSPS) is 10.4. The SMILES string of the molecule is Cc1cccc(OCCNC(=O)CCCOc2ccc(Cl)cc2)c1C. The number of ether oxygens (including phenoxy) is 2. The molecule has 0 atom stereocenters. The molecule has 5 heteroatoms. The summed E-state index contributed by atoms with van der Waals surface area (Å²) in [5.74, 6) is 1.63. The van der Waals surface area contributed by atoms with Crippen molar-refractivity contribution in [1.29, 1.82) is 0 Å². The molecule has 25 heavy (non-hydrogen) atoms. The van der Waals surface area contributed by atoms with Crippen LogP contribution in [0.2, 0.25) is 5.02 Å². The van der Waals surface area contributed by atoms with Crippen molar-refractivity contribution in [1.82, 2.24) is 5.32 Å². The molecule has 0 fully saturated rings. The summed E-state index contributed by atoms with van der Waals surface area (Å²) in [6.07, 6.45) is 1.09. The molecule has 0 aliphatic rings. The fourth-order valence-electron chi connectivity index (χ4n) is 2.27. The molecular weight excluding hydrogens is 338 g/mol. The second kappa shape index (κ2) is 9.94. The summed E-state index contributed by atoms with van der Waals surface area (Å²) in [6.45, 7) is 5.52. The molecule has 0 heterocycles. The minimum Gasteiger partial charge on any atom is -0.494 e. The predicted molar refractivity (Wildman–Crippen MR) is 101 cm³/mol. The summed E-state index contributed by atoms with van der Waals surface area (Å²) in [7, 11) is 0. The Morgan fingerprint density at radius 2 is 1.80 bits per heavy atom. The van der Waals surface area contributed by atoms with Crippen LogP contribution in [0.5, 0.6) is 11.5 Å². The number of nitrogens with one attached hydrogen (secondary N) is 1. The fraction of sp³-hybridized carbons (Fsp3) is 0.350. The first-order valence-corrected chi connectivity index (χ1v) is 8.78. The van der Waals surface area contributed by atoms with E-state index in [0.717, 1.165) is 17.1 Å². The van der Waals surface area contributed by atoms with Gasteiger partial charge in [-0.05, 0) is 61.7 Å². The average molecular weight is 362 g/mol. The molecular formula is C20H24ClNO3. The van der Waals surface area contributed by atoms with Gasteiger partial charge in [-0.25, -0.2) is 0 Å². The number of hydrogen-bond acceptors (Lipinski definition) is 3. The van der Waals surface area contributed by atoms with Crippen LogP contribution in [0, 0.1) is 13.8 Å². The van der Waals surface area contributed by atoms with Gasteiger partial charge in [0.1, 0.15) is 18.1 Å². The summed E-state index contributed by atoms with van der Waals surface area (Å²) in [4.78, 5) is 11.8. The predicted octanol–water partition coefficient (Wildman–Crippen LogP) is 4.31. The average Bonchev–Trinajstić information content (AvgIpc) is 2.60. The zero-order chi connectivity index (χ0) is 18.1. The monoisotopic (exact) mass is 361 g/mol. The van der Waals surface area contributed by atoms with Crippen LogP contribution in [0.4, 0.5) is 0 Å². The van der Waals surface area contributed by atoms with Crippen LogP contribution in [0.25, 0.3) is 0 Å². The van der Waals surface area contributed by atoms with E-state index in [2.05, 4.69) is 18.3 Å². The molecule has 1 amide bonds. The first kappa shape index (κ1) is 19.1. The van der Waals surface area contributed by atoms with Gasteiger partial charge in [0.05, 0.1) is 13.2 Å². The largest absolute Gasteiger partial charge is 0.494 e. The standard InChI is InChI=1S/C20H24ClNO3/c1-15-5-3-6-19(16(15)2)25-14-12-22-20(23)7-4-13-24-18-10-8-17(21)9-11-18/h3,5-6,8-11H,4,7,12-14H2,1-2H3,(H,22,23). The Morgan fingerprint density at radius 3 is 2.56 bits per heavy atom. The third kappa shape index (κ3) is 6.67. The molecule has 0 aromatic heterocycles. The van der Waals surface area contributed by atoms with Gasteiger partial charge >= 0.3 is 0 Å². The number of benzene rings is 2. The molecule has 2 aromatic carbocycles. The highest BCUT2D eigenvalue weighted by Crippen LogP contribution is 2.20. The minimum atomic E-state index is 0.00395. The Hall–Kier alpha value is -2.20. The lowest BCUT2D eigenvalue weighted by atomic mass is 10.1. The van der Waals surface area contributed by atoms with Crippen LogP contribution < -0.4 is 14.8 Å². The fourth-order valence-corrected chi connectivity index (χ4v) is 2.40. The van der Waals surface area contributed by atoms with Crippen LogP contribution >= 0.6 is 11.6 Å². The highest BCUT2D eigenvalue weighted by atomic mass is 35.5. The first-order chi connectivity index (χ1) is 12.1. The third-order valence-electron chi connectivity index (χ3n) is 3.87. The maximum Gasteiger partial charge on any atom is 0.220 e. The molecule has 0 bridgehead atoms. The van der Waals surface area contributed by atoms with E-state index in [1.165, 1.54) is 5.56 Å². The molecule has 2 aromatic rings. The van der Waals surface area contributed by atoms with Gasteiger partial charge in [0.25, 0.3) is 0 Å². The van der Waals surface area contributed by atoms with Crippen molar-refractivity contribution < 1.29 is 14.3 Å². The Bertz CT molecular complexity index is 686. The van der Waals surface area contributed by atoms with Crippen LogP contribution in [0.3, 0.4) is 0 Å². The van der Waals surface area contributed by atoms with Gasteiger partial charge in [0, 0.05) is 11.4 Å². The van der Waals surface area contributed by atoms with E-state index in [-0.39, 0.29) is 5.91 Å². The van der Waals surface area contributed by atoms with Crippen molar-refractivity contribution in [2.75, 3.05) is 19.8 Å². The van der Waals surface area contributed by atoms with Gasteiger partial charge in [0.15, 0.2) is 0 Å². The highest BCUT2D eigenvalue weighted by Gasteiger charge is 2.04. The van der Waals surface area contributed by atoms with Crippen LogP contribution in [-0.2, 0) is 4.79 Å². The lowest BCUT2D eigenvalue weighted by molar-refractivity contribution is -0.121. The molecule has 0 spiro atoms. The van der Waals surface area contributed by atoms with Crippen molar-refractivity contribution in [3.05, 3.63) is 58.6 Å². The number of carbonyl (C=O) groups excluding carboxylic acids is 1. The van der Waals surface area contributed by atoms with Gasteiger partial charge in [-0.1, -0.05) is 23.7 Å². The molecule has 0 unspecified atom stereocenters. The number of rotatable bonds is 9. The lowest BCUT2D eigenvalue weighted by Gasteiger charge is -2.11.